The SMILES string of the molecule is Cc1ccc(N2C(=O)/C(=C\c3ccccc3OCCOc3ccc(C(C)(C)C)cc3)SC2=S)c(C)c1. The van der Waals surface area contributed by atoms with E-state index in [1.165, 1.54) is 17.3 Å². The summed E-state index contributed by atoms with van der Waals surface area (Å²) < 4.78 is 12.4. The fourth-order valence-corrected chi connectivity index (χ4v) is 5.24. The number of carbonyl (C=O) groups is 1. The molecule has 6 heteroatoms. The van der Waals surface area contributed by atoms with Crippen LogP contribution in [-0.4, -0.2) is 23.4 Å². The smallest absolute Gasteiger partial charge is 0.270 e. The maximum Gasteiger partial charge on any atom is 0.270 e. The number of amides is 1. The molecule has 4 rings (SSSR count). The zero-order valence-corrected chi connectivity index (χ0v) is 23.0. The lowest BCUT2D eigenvalue weighted by molar-refractivity contribution is -0.113. The molecule has 0 saturated carbocycles. The lowest BCUT2D eigenvalue weighted by Gasteiger charge is -2.19. The summed E-state index contributed by atoms with van der Waals surface area (Å²) in [5, 5.41) is 0. The average molecular weight is 518 g/mol. The zero-order chi connectivity index (χ0) is 25.9. The number of ether oxygens (including phenoxy) is 2. The monoisotopic (exact) mass is 517 g/mol. The number of anilines is 1. The van der Waals surface area contributed by atoms with Gasteiger partial charge >= 0.3 is 0 Å². The van der Waals surface area contributed by atoms with E-state index in [1.807, 2.05) is 68.5 Å². The number of hydrogen-bond acceptors (Lipinski definition) is 5. The largest absolute Gasteiger partial charge is 0.490 e. The van der Waals surface area contributed by atoms with Gasteiger partial charge in [0, 0.05) is 5.56 Å². The molecule has 4 nitrogen and oxygen atoms in total. The topological polar surface area (TPSA) is 38.8 Å². The van der Waals surface area contributed by atoms with Crippen LogP contribution in [0.2, 0.25) is 0 Å². The van der Waals surface area contributed by atoms with Crippen LogP contribution in [0.1, 0.15) is 43.0 Å². The van der Waals surface area contributed by atoms with E-state index >= 15 is 0 Å². The molecule has 0 N–H and O–H groups in total. The van der Waals surface area contributed by atoms with Gasteiger partial charge in [-0.3, -0.25) is 9.69 Å². The molecular formula is C30H31NO3S2. The van der Waals surface area contributed by atoms with Gasteiger partial charge in [-0.1, -0.05) is 92.8 Å². The molecule has 1 saturated heterocycles. The maximum atomic E-state index is 13.3. The summed E-state index contributed by atoms with van der Waals surface area (Å²) in [7, 11) is 0. The second kappa shape index (κ2) is 10.9. The first-order valence-electron chi connectivity index (χ1n) is 11.9. The molecule has 36 heavy (non-hydrogen) atoms. The number of benzene rings is 3. The van der Waals surface area contributed by atoms with Crippen molar-refractivity contribution >= 4 is 46.0 Å². The van der Waals surface area contributed by atoms with Gasteiger partial charge in [0.15, 0.2) is 4.32 Å². The summed E-state index contributed by atoms with van der Waals surface area (Å²) in [4.78, 5) is 15.4. The van der Waals surface area contributed by atoms with Crippen LogP contribution in [0.3, 0.4) is 0 Å². The van der Waals surface area contributed by atoms with E-state index in [9.17, 15) is 4.79 Å². The second-order valence-electron chi connectivity index (χ2n) is 9.82. The van der Waals surface area contributed by atoms with E-state index in [0.29, 0.717) is 28.2 Å². The predicted octanol–water partition coefficient (Wildman–Crippen LogP) is 7.46. The van der Waals surface area contributed by atoms with Crippen LogP contribution >= 0.6 is 24.0 Å². The minimum Gasteiger partial charge on any atom is -0.490 e. The third-order valence-electron chi connectivity index (χ3n) is 5.92. The Morgan fingerprint density at radius 1 is 0.944 bits per heavy atom. The van der Waals surface area contributed by atoms with Gasteiger partial charge in [-0.25, -0.2) is 0 Å². The molecule has 0 unspecified atom stereocenters. The number of para-hydroxylation sites is 1. The minimum atomic E-state index is -0.117. The van der Waals surface area contributed by atoms with Crippen LogP contribution in [-0.2, 0) is 10.2 Å². The van der Waals surface area contributed by atoms with E-state index in [4.69, 9.17) is 21.7 Å². The molecule has 1 heterocycles. The van der Waals surface area contributed by atoms with Crippen molar-refractivity contribution in [1.29, 1.82) is 0 Å². The Hall–Kier alpha value is -3.09. The fourth-order valence-electron chi connectivity index (χ4n) is 3.97. The highest BCUT2D eigenvalue weighted by Crippen LogP contribution is 2.38. The van der Waals surface area contributed by atoms with E-state index in [2.05, 4.69) is 39.0 Å². The molecular weight excluding hydrogens is 486 g/mol. The molecule has 1 aliphatic heterocycles. The van der Waals surface area contributed by atoms with Gasteiger partial charge in [0.2, 0.25) is 0 Å². The molecule has 0 aromatic heterocycles. The molecule has 0 atom stereocenters. The number of thiocarbonyl (C=S) groups is 1. The molecule has 3 aromatic rings. The Morgan fingerprint density at radius 2 is 1.64 bits per heavy atom. The van der Waals surface area contributed by atoms with Crippen LogP contribution in [0.5, 0.6) is 11.5 Å². The van der Waals surface area contributed by atoms with Crippen molar-refractivity contribution in [2.75, 3.05) is 18.1 Å². The molecule has 186 valence electrons. The summed E-state index contributed by atoms with van der Waals surface area (Å²) in [6, 6.07) is 21.9. The van der Waals surface area contributed by atoms with Crippen molar-refractivity contribution < 1.29 is 14.3 Å². The minimum absolute atomic E-state index is 0.110. The quantitative estimate of drug-likeness (QED) is 0.185. The van der Waals surface area contributed by atoms with Crippen molar-refractivity contribution in [3.8, 4) is 11.5 Å². The summed E-state index contributed by atoms with van der Waals surface area (Å²) in [5.41, 5.74) is 5.19. The summed E-state index contributed by atoms with van der Waals surface area (Å²) >= 11 is 6.87. The molecule has 1 aliphatic rings. The van der Waals surface area contributed by atoms with Crippen molar-refractivity contribution in [3.63, 3.8) is 0 Å². The highest BCUT2D eigenvalue weighted by atomic mass is 32.2. The van der Waals surface area contributed by atoms with Crippen LogP contribution < -0.4 is 14.4 Å². The van der Waals surface area contributed by atoms with Gasteiger partial charge in [0.1, 0.15) is 24.7 Å². The van der Waals surface area contributed by atoms with Gasteiger partial charge in [0.05, 0.1) is 10.6 Å². The Balaban J connectivity index is 1.42. The van der Waals surface area contributed by atoms with Gasteiger partial charge in [-0.15, -0.1) is 0 Å². The summed E-state index contributed by atoms with van der Waals surface area (Å²) in [6.07, 6.45) is 1.85. The average Bonchev–Trinajstić information content (AvgIpc) is 3.10. The highest BCUT2D eigenvalue weighted by Gasteiger charge is 2.34. The molecule has 0 bridgehead atoms. The number of aryl methyl sites for hydroxylation is 2. The maximum absolute atomic E-state index is 13.3. The zero-order valence-electron chi connectivity index (χ0n) is 21.3. The van der Waals surface area contributed by atoms with Crippen LogP contribution in [0.4, 0.5) is 5.69 Å². The first-order valence-corrected chi connectivity index (χ1v) is 13.2. The summed E-state index contributed by atoms with van der Waals surface area (Å²) in [6.45, 7) is 11.4. The molecule has 0 aliphatic carbocycles. The van der Waals surface area contributed by atoms with Gasteiger partial charge < -0.3 is 9.47 Å². The Morgan fingerprint density at radius 3 is 2.33 bits per heavy atom. The molecule has 0 radical (unpaired) electrons. The Bertz CT molecular complexity index is 1310. The standard InChI is InChI=1S/C30H31NO3S2/c1-20-10-15-25(21(2)18-20)31-28(32)27(36-29(31)35)19-22-8-6-7-9-26(22)34-17-16-33-24-13-11-23(12-14-24)30(3,4)5/h6-15,18-19H,16-17H2,1-5H3/b27-19+. The van der Waals surface area contributed by atoms with Crippen molar-refractivity contribution in [3.05, 3.63) is 93.9 Å². The van der Waals surface area contributed by atoms with Gasteiger partial charge in [-0.05, 0) is 60.7 Å². The van der Waals surface area contributed by atoms with Gasteiger partial charge in [0.25, 0.3) is 5.91 Å². The number of rotatable bonds is 7. The van der Waals surface area contributed by atoms with Crippen molar-refractivity contribution in [1.82, 2.24) is 0 Å². The lowest BCUT2D eigenvalue weighted by Crippen LogP contribution is -2.28. The molecule has 3 aromatic carbocycles. The first-order chi connectivity index (χ1) is 17.1. The van der Waals surface area contributed by atoms with E-state index < -0.39 is 0 Å². The van der Waals surface area contributed by atoms with E-state index in [0.717, 1.165) is 28.1 Å². The Labute approximate surface area is 223 Å². The van der Waals surface area contributed by atoms with E-state index in [1.54, 1.807) is 4.90 Å². The second-order valence-corrected chi connectivity index (χ2v) is 11.5. The van der Waals surface area contributed by atoms with Crippen LogP contribution in [0.15, 0.2) is 71.6 Å². The van der Waals surface area contributed by atoms with E-state index in [-0.39, 0.29) is 11.3 Å². The van der Waals surface area contributed by atoms with Crippen molar-refractivity contribution in [2.45, 2.75) is 40.0 Å². The van der Waals surface area contributed by atoms with Crippen LogP contribution in [0, 0.1) is 13.8 Å². The van der Waals surface area contributed by atoms with Gasteiger partial charge in [-0.2, -0.15) is 0 Å². The third kappa shape index (κ3) is 6.00. The fraction of sp³-hybridized carbons (Fsp3) is 0.267. The predicted molar refractivity (Wildman–Crippen MR) is 154 cm³/mol. The number of carbonyl (C=O) groups excluding carboxylic acids is 1. The third-order valence-corrected chi connectivity index (χ3v) is 7.22. The number of hydrogen-bond donors (Lipinski definition) is 0. The lowest BCUT2D eigenvalue weighted by atomic mass is 9.87. The van der Waals surface area contributed by atoms with Crippen molar-refractivity contribution in [2.24, 2.45) is 0 Å². The molecule has 0 spiro atoms. The van der Waals surface area contributed by atoms with Crippen LogP contribution in [0.25, 0.3) is 6.08 Å². The summed E-state index contributed by atoms with van der Waals surface area (Å²) in [5.74, 6) is 1.39. The number of nitrogens with zero attached hydrogens (tertiary/aromatic N) is 1. The first kappa shape index (κ1) is 26.0. The highest BCUT2D eigenvalue weighted by molar-refractivity contribution is 8.27. The Kier molecular flexibility index (Phi) is 7.86. The number of thioether (sulfide) groups is 1. The normalized spacial score (nSPS) is 15.0. The molecule has 1 fully saturated rings. The molecule has 1 amide bonds.